The third kappa shape index (κ3) is 3.75. The zero-order valence-electron chi connectivity index (χ0n) is 12.9. The lowest BCUT2D eigenvalue weighted by Gasteiger charge is -2.26. The van der Waals surface area contributed by atoms with Crippen LogP contribution in [0.4, 0.5) is 11.4 Å². The number of non-ortho nitro benzene ring substituents is 1. The molecule has 7 heteroatoms. The Hall–Kier alpha value is -2.25. The number of nitrogens with one attached hydrogen (secondary N) is 1. The first-order valence-corrected chi connectivity index (χ1v) is 7.82. The molecule has 0 radical (unpaired) electrons. The molecule has 1 aliphatic rings. The van der Waals surface area contributed by atoms with Crippen molar-refractivity contribution in [3.8, 4) is 0 Å². The maximum Gasteiger partial charge on any atom is 0.295 e. The van der Waals surface area contributed by atoms with Gasteiger partial charge in [0.1, 0.15) is 5.52 Å². The van der Waals surface area contributed by atoms with Gasteiger partial charge in [0.15, 0.2) is 0 Å². The van der Waals surface area contributed by atoms with Crippen molar-refractivity contribution in [1.82, 2.24) is 9.88 Å². The molecule has 0 spiro atoms. The zero-order chi connectivity index (χ0) is 16.1. The Bertz CT molecular complexity index is 686. The van der Waals surface area contributed by atoms with Crippen LogP contribution in [0.25, 0.3) is 10.9 Å². The summed E-state index contributed by atoms with van der Waals surface area (Å²) in [6.45, 7) is 5.45. The van der Waals surface area contributed by atoms with Gasteiger partial charge in [0, 0.05) is 43.0 Å². The standard InChI is InChI=1S/C16H20N4O3/c21-20(22)15-4-1-3-13-14(5-7-18-16(13)15)17-6-2-8-19-9-11-23-12-10-19/h1,3-5,7H,2,6,8-12H2,(H,17,18). The number of ether oxygens (including phenoxy) is 1. The number of hydrogen-bond donors (Lipinski definition) is 1. The summed E-state index contributed by atoms with van der Waals surface area (Å²) < 4.78 is 5.33. The predicted molar refractivity (Wildman–Crippen MR) is 88.8 cm³/mol. The van der Waals surface area contributed by atoms with E-state index >= 15 is 0 Å². The molecule has 0 amide bonds. The number of para-hydroxylation sites is 1. The summed E-state index contributed by atoms with van der Waals surface area (Å²) in [7, 11) is 0. The van der Waals surface area contributed by atoms with Gasteiger partial charge in [-0.3, -0.25) is 15.0 Å². The first kappa shape index (κ1) is 15.6. The molecule has 0 bridgehead atoms. The lowest BCUT2D eigenvalue weighted by Crippen LogP contribution is -2.37. The molecule has 23 heavy (non-hydrogen) atoms. The van der Waals surface area contributed by atoms with Crippen LogP contribution < -0.4 is 5.32 Å². The quantitative estimate of drug-likeness (QED) is 0.500. The molecule has 2 aromatic rings. The van der Waals surface area contributed by atoms with Crippen molar-refractivity contribution in [2.24, 2.45) is 0 Å². The van der Waals surface area contributed by atoms with Crippen LogP contribution in [-0.2, 0) is 4.74 Å². The largest absolute Gasteiger partial charge is 0.384 e. The van der Waals surface area contributed by atoms with Crippen molar-refractivity contribution >= 4 is 22.3 Å². The normalized spacial score (nSPS) is 15.7. The van der Waals surface area contributed by atoms with E-state index in [-0.39, 0.29) is 5.69 Å². The predicted octanol–water partition coefficient (Wildman–Crippen LogP) is 2.28. The minimum atomic E-state index is -0.391. The molecule has 3 rings (SSSR count). The van der Waals surface area contributed by atoms with E-state index in [1.165, 1.54) is 6.07 Å². The average Bonchev–Trinajstić information content (AvgIpc) is 2.59. The molecule has 1 aromatic heterocycles. The molecule has 0 aliphatic carbocycles. The van der Waals surface area contributed by atoms with Gasteiger partial charge in [0.2, 0.25) is 0 Å². The van der Waals surface area contributed by atoms with Gasteiger partial charge in [-0.2, -0.15) is 0 Å². The number of nitrogens with zero attached hydrogens (tertiary/aromatic N) is 3. The van der Waals surface area contributed by atoms with Crippen LogP contribution in [0.5, 0.6) is 0 Å². The summed E-state index contributed by atoms with van der Waals surface area (Å²) in [6, 6.07) is 6.90. The monoisotopic (exact) mass is 316 g/mol. The van der Waals surface area contributed by atoms with Gasteiger partial charge in [0.25, 0.3) is 5.69 Å². The van der Waals surface area contributed by atoms with E-state index in [4.69, 9.17) is 4.74 Å². The third-order valence-corrected chi connectivity index (χ3v) is 4.02. The number of benzene rings is 1. The highest BCUT2D eigenvalue weighted by atomic mass is 16.6. The van der Waals surface area contributed by atoms with Crippen LogP contribution in [0.1, 0.15) is 6.42 Å². The molecule has 7 nitrogen and oxygen atoms in total. The van der Waals surface area contributed by atoms with E-state index in [1.807, 2.05) is 12.1 Å². The van der Waals surface area contributed by atoms with Crippen LogP contribution >= 0.6 is 0 Å². The van der Waals surface area contributed by atoms with Crippen molar-refractivity contribution in [3.63, 3.8) is 0 Å². The zero-order valence-corrected chi connectivity index (χ0v) is 12.9. The summed E-state index contributed by atoms with van der Waals surface area (Å²) in [5.74, 6) is 0. The van der Waals surface area contributed by atoms with Crippen LogP contribution in [0.3, 0.4) is 0 Å². The molecular weight excluding hydrogens is 296 g/mol. The highest BCUT2D eigenvalue weighted by Gasteiger charge is 2.14. The van der Waals surface area contributed by atoms with Crippen molar-refractivity contribution < 1.29 is 9.66 Å². The van der Waals surface area contributed by atoms with Gasteiger partial charge in [-0.15, -0.1) is 0 Å². The van der Waals surface area contributed by atoms with Gasteiger partial charge >= 0.3 is 0 Å². The van der Waals surface area contributed by atoms with Crippen LogP contribution in [0, 0.1) is 10.1 Å². The molecule has 0 saturated carbocycles. The Morgan fingerprint density at radius 3 is 2.91 bits per heavy atom. The molecule has 1 fully saturated rings. The lowest BCUT2D eigenvalue weighted by molar-refractivity contribution is -0.383. The number of aromatic nitrogens is 1. The maximum atomic E-state index is 11.1. The number of hydrogen-bond acceptors (Lipinski definition) is 6. The van der Waals surface area contributed by atoms with Crippen molar-refractivity contribution in [1.29, 1.82) is 0 Å². The van der Waals surface area contributed by atoms with Crippen molar-refractivity contribution in [3.05, 3.63) is 40.6 Å². The van der Waals surface area contributed by atoms with Crippen LogP contribution in [0.15, 0.2) is 30.5 Å². The van der Waals surface area contributed by atoms with Gasteiger partial charge in [-0.1, -0.05) is 12.1 Å². The number of fused-ring (bicyclic) bond motifs is 1. The van der Waals surface area contributed by atoms with E-state index in [0.717, 1.165) is 56.9 Å². The minimum Gasteiger partial charge on any atom is -0.384 e. The molecule has 0 unspecified atom stereocenters. The molecule has 1 aromatic carbocycles. The van der Waals surface area contributed by atoms with Gasteiger partial charge in [0.05, 0.1) is 18.1 Å². The SMILES string of the molecule is O=[N+]([O-])c1cccc2c(NCCCN3CCOCC3)ccnc12. The molecule has 122 valence electrons. The summed E-state index contributed by atoms with van der Waals surface area (Å²) in [5.41, 5.74) is 1.36. The van der Waals surface area contributed by atoms with Gasteiger partial charge < -0.3 is 10.1 Å². The maximum absolute atomic E-state index is 11.1. The second kappa shape index (κ2) is 7.34. The molecule has 1 saturated heterocycles. The Balaban J connectivity index is 1.63. The smallest absolute Gasteiger partial charge is 0.295 e. The number of nitro groups is 1. The Morgan fingerprint density at radius 1 is 1.30 bits per heavy atom. The number of rotatable bonds is 6. The fourth-order valence-corrected chi connectivity index (χ4v) is 2.81. The topological polar surface area (TPSA) is 80.5 Å². The fraction of sp³-hybridized carbons (Fsp3) is 0.438. The molecule has 1 aliphatic heterocycles. The lowest BCUT2D eigenvalue weighted by atomic mass is 10.1. The first-order chi connectivity index (χ1) is 11.3. The van der Waals surface area contributed by atoms with Crippen LogP contribution in [0.2, 0.25) is 0 Å². The summed E-state index contributed by atoms with van der Waals surface area (Å²) in [5, 5.41) is 15.2. The molecule has 2 heterocycles. The average molecular weight is 316 g/mol. The summed E-state index contributed by atoms with van der Waals surface area (Å²) >= 11 is 0. The highest BCUT2D eigenvalue weighted by molar-refractivity contribution is 5.96. The van der Waals surface area contributed by atoms with Gasteiger partial charge in [-0.05, 0) is 19.0 Å². The second-order valence-electron chi connectivity index (χ2n) is 5.52. The number of anilines is 1. The molecule has 1 N–H and O–H groups in total. The van der Waals surface area contributed by atoms with E-state index < -0.39 is 4.92 Å². The van der Waals surface area contributed by atoms with Gasteiger partial charge in [-0.25, -0.2) is 4.98 Å². The number of nitro benzene ring substituents is 1. The Kier molecular flexibility index (Phi) is 4.99. The molecule has 0 atom stereocenters. The summed E-state index contributed by atoms with van der Waals surface area (Å²) in [6.07, 6.45) is 2.62. The minimum absolute atomic E-state index is 0.0412. The van der Waals surface area contributed by atoms with Crippen molar-refractivity contribution in [2.75, 3.05) is 44.7 Å². The van der Waals surface area contributed by atoms with E-state index in [2.05, 4.69) is 15.2 Å². The molecular formula is C16H20N4O3. The number of morpholine rings is 1. The van der Waals surface area contributed by atoms with E-state index in [9.17, 15) is 10.1 Å². The first-order valence-electron chi connectivity index (χ1n) is 7.82. The highest BCUT2D eigenvalue weighted by Crippen LogP contribution is 2.28. The Morgan fingerprint density at radius 2 is 2.13 bits per heavy atom. The Labute approximate surface area is 134 Å². The van der Waals surface area contributed by atoms with E-state index in [1.54, 1.807) is 12.3 Å². The summed E-state index contributed by atoms with van der Waals surface area (Å²) in [4.78, 5) is 17.3. The fourth-order valence-electron chi connectivity index (χ4n) is 2.81. The number of pyridine rings is 1. The van der Waals surface area contributed by atoms with Crippen molar-refractivity contribution in [2.45, 2.75) is 6.42 Å². The van der Waals surface area contributed by atoms with E-state index in [0.29, 0.717) is 5.52 Å². The second-order valence-corrected chi connectivity index (χ2v) is 5.52. The van der Waals surface area contributed by atoms with Crippen LogP contribution in [-0.4, -0.2) is 54.2 Å². The third-order valence-electron chi connectivity index (χ3n) is 4.02.